The number of hydrogen-bond acceptors (Lipinski definition) is 9. The number of alkyl carbamates (subject to hydrolysis) is 1. The Balaban J connectivity index is 1.70. The number of imidazole rings is 1. The molecule has 1 aliphatic heterocycles. The van der Waals surface area contributed by atoms with E-state index in [0.717, 1.165) is 0 Å². The Morgan fingerprint density at radius 2 is 2.07 bits per heavy atom. The molecule has 2 aromatic rings. The van der Waals surface area contributed by atoms with Crippen molar-refractivity contribution in [2.75, 3.05) is 32.0 Å². The van der Waals surface area contributed by atoms with E-state index in [0.29, 0.717) is 49.6 Å². The van der Waals surface area contributed by atoms with Crippen LogP contribution in [-0.4, -0.2) is 74.4 Å². The highest BCUT2D eigenvalue weighted by atomic mass is 16.6. The van der Waals surface area contributed by atoms with Gasteiger partial charge in [0.1, 0.15) is 23.5 Å². The smallest absolute Gasteiger partial charge is 0.407 e. The molecule has 0 saturated carbocycles. The van der Waals surface area contributed by atoms with Crippen LogP contribution in [0.15, 0.2) is 12.7 Å². The van der Waals surface area contributed by atoms with Gasteiger partial charge in [0, 0.05) is 19.6 Å². The fourth-order valence-corrected chi connectivity index (χ4v) is 3.56. The maximum Gasteiger partial charge on any atom is 0.407 e. The maximum atomic E-state index is 12.5. The zero-order chi connectivity index (χ0) is 21.9. The summed E-state index contributed by atoms with van der Waals surface area (Å²) in [6.07, 6.45) is 3.13. The monoisotopic (exact) mass is 419 g/mol. The number of rotatable bonds is 6. The second-order valence-corrected chi connectivity index (χ2v) is 8.16. The van der Waals surface area contributed by atoms with E-state index in [1.54, 1.807) is 34.0 Å². The highest BCUT2D eigenvalue weighted by molar-refractivity contribution is 5.81. The molecular weight excluding hydrogens is 390 g/mol. The van der Waals surface area contributed by atoms with E-state index in [-0.39, 0.29) is 12.0 Å². The largest absolute Gasteiger partial charge is 0.465 e. The molecule has 0 bridgehead atoms. The van der Waals surface area contributed by atoms with Crippen LogP contribution in [0, 0.1) is 0 Å². The maximum absolute atomic E-state index is 12.5. The summed E-state index contributed by atoms with van der Waals surface area (Å²) in [5.41, 5.74) is 6.48. The fraction of sp³-hybridized carbons (Fsp3) is 0.632. The van der Waals surface area contributed by atoms with E-state index in [9.17, 15) is 9.59 Å². The van der Waals surface area contributed by atoms with Crippen LogP contribution < -0.4 is 11.1 Å². The van der Waals surface area contributed by atoms with E-state index < -0.39 is 17.7 Å². The number of carbonyl (C=O) groups is 2. The van der Waals surface area contributed by atoms with E-state index in [2.05, 4.69) is 20.3 Å². The summed E-state index contributed by atoms with van der Waals surface area (Å²) < 4.78 is 12.4. The lowest BCUT2D eigenvalue weighted by molar-refractivity contribution is -0.148. The van der Waals surface area contributed by atoms with Crippen molar-refractivity contribution in [1.82, 2.24) is 29.7 Å². The van der Waals surface area contributed by atoms with Gasteiger partial charge in [-0.05, 0) is 34.1 Å². The summed E-state index contributed by atoms with van der Waals surface area (Å²) in [7, 11) is 0. The Labute approximate surface area is 174 Å². The third kappa shape index (κ3) is 4.96. The quantitative estimate of drug-likeness (QED) is 0.659. The number of hydrogen-bond donors (Lipinski definition) is 2. The molecule has 164 valence electrons. The zero-order valence-corrected chi connectivity index (χ0v) is 17.8. The average Bonchev–Trinajstić information content (AvgIpc) is 3.25. The molecule has 1 amide bonds. The number of esters is 1. The van der Waals surface area contributed by atoms with Gasteiger partial charge in [0.2, 0.25) is 0 Å². The first-order valence-corrected chi connectivity index (χ1v) is 10.00. The van der Waals surface area contributed by atoms with Crippen LogP contribution in [0.4, 0.5) is 10.6 Å². The normalized spacial score (nSPS) is 19.7. The molecule has 30 heavy (non-hydrogen) atoms. The number of anilines is 1. The summed E-state index contributed by atoms with van der Waals surface area (Å²) in [6.45, 7) is 8.90. The molecule has 11 heteroatoms. The minimum absolute atomic E-state index is 0.0415. The van der Waals surface area contributed by atoms with Crippen molar-refractivity contribution < 1.29 is 19.1 Å². The zero-order valence-electron chi connectivity index (χ0n) is 17.8. The van der Waals surface area contributed by atoms with Gasteiger partial charge in [0.15, 0.2) is 11.5 Å². The van der Waals surface area contributed by atoms with Crippen LogP contribution >= 0.6 is 0 Å². The lowest BCUT2D eigenvalue weighted by atomic mass is 10.1. The molecule has 0 spiro atoms. The van der Waals surface area contributed by atoms with Gasteiger partial charge in [0.25, 0.3) is 0 Å². The lowest BCUT2D eigenvalue weighted by Gasteiger charge is -2.23. The molecule has 1 aliphatic rings. The van der Waals surface area contributed by atoms with Gasteiger partial charge < -0.3 is 25.1 Å². The first-order valence-electron chi connectivity index (χ1n) is 10.00. The van der Waals surface area contributed by atoms with E-state index in [4.69, 9.17) is 15.2 Å². The average molecular weight is 419 g/mol. The molecule has 3 rings (SSSR count). The van der Waals surface area contributed by atoms with Crippen LogP contribution in [-0.2, 0) is 14.3 Å². The number of amides is 1. The van der Waals surface area contributed by atoms with Gasteiger partial charge in [-0.2, -0.15) is 0 Å². The van der Waals surface area contributed by atoms with E-state index in [1.807, 2.05) is 9.47 Å². The Bertz CT molecular complexity index is 908. The number of fused-ring (bicyclic) bond motifs is 1. The van der Waals surface area contributed by atoms with Crippen molar-refractivity contribution in [2.24, 2.45) is 0 Å². The number of aromatic nitrogens is 4. The summed E-state index contributed by atoms with van der Waals surface area (Å²) in [5, 5.41) is 2.73. The topological polar surface area (TPSA) is 137 Å². The molecule has 2 atom stereocenters. The molecule has 0 unspecified atom stereocenters. The highest BCUT2D eigenvalue weighted by Gasteiger charge is 2.39. The second-order valence-electron chi connectivity index (χ2n) is 8.16. The van der Waals surface area contributed by atoms with Gasteiger partial charge in [0.05, 0.1) is 19.0 Å². The van der Waals surface area contributed by atoms with E-state index >= 15 is 0 Å². The van der Waals surface area contributed by atoms with Gasteiger partial charge in [-0.15, -0.1) is 0 Å². The van der Waals surface area contributed by atoms with Crippen LogP contribution in [0.1, 0.15) is 40.2 Å². The van der Waals surface area contributed by atoms with Crippen LogP contribution in [0.5, 0.6) is 0 Å². The summed E-state index contributed by atoms with van der Waals surface area (Å²) in [6, 6.07) is -0.466. The van der Waals surface area contributed by atoms with Crippen molar-refractivity contribution in [2.45, 2.75) is 51.8 Å². The Morgan fingerprint density at radius 1 is 1.30 bits per heavy atom. The molecule has 0 radical (unpaired) electrons. The minimum atomic E-state index is -0.567. The van der Waals surface area contributed by atoms with E-state index in [1.165, 1.54) is 6.33 Å². The molecule has 1 saturated heterocycles. The number of ether oxygens (including phenoxy) is 2. The van der Waals surface area contributed by atoms with Crippen molar-refractivity contribution in [3.05, 3.63) is 12.7 Å². The fourth-order valence-electron chi connectivity index (χ4n) is 3.56. The standard InChI is InChI=1S/C19H29N7O4/c1-5-29-17(27)13-8-12(26-11-24-14-15(20)22-10-23-16(14)26)9-25(13)7-6-21-18(28)30-19(2,3)4/h10-13H,5-9H2,1-4H3,(H,21,28)(H2,20,22,23)/t12-,13-/m0/s1. The number of nitrogen functional groups attached to an aromatic ring is 1. The number of nitrogens with zero attached hydrogens (tertiary/aromatic N) is 5. The molecule has 3 N–H and O–H groups in total. The predicted molar refractivity (Wildman–Crippen MR) is 110 cm³/mol. The third-order valence-corrected chi connectivity index (χ3v) is 4.79. The van der Waals surface area contributed by atoms with Gasteiger partial charge in [-0.3, -0.25) is 9.69 Å². The molecule has 0 aromatic carbocycles. The first kappa shape index (κ1) is 21.8. The SMILES string of the molecule is CCOC(=O)[C@@H]1C[C@H](n2cnc3c(N)ncnc32)CN1CCNC(=O)OC(C)(C)C. The highest BCUT2D eigenvalue weighted by Crippen LogP contribution is 2.30. The molecule has 0 aliphatic carbocycles. The van der Waals surface area contributed by atoms with Gasteiger partial charge in [-0.25, -0.2) is 19.7 Å². The van der Waals surface area contributed by atoms with Crippen LogP contribution in [0.25, 0.3) is 11.2 Å². The summed E-state index contributed by atoms with van der Waals surface area (Å²) in [4.78, 5) is 39.0. The Morgan fingerprint density at radius 3 is 2.77 bits per heavy atom. The summed E-state index contributed by atoms with van der Waals surface area (Å²) in [5.74, 6) is 0.0351. The first-order chi connectivity index (χ1) is 14.2. The Kier molecular flexibility index (Phi) is 6.40. The van der Waals surface area contributed by atoms with Crippen molar-refractivity contribution in [3.8, 4) is 0 Å². The van der Waals surface area contributed by atoms with Gasteiger partial charge in [-0.1, -0.05) is 0 Å². The molecule has 2 aromatic heterocycles. The number of carbonyl (C=O) groups excluding carboxylic acids is 2. The number of nitrogens with one attached hydrogen (secondary N) is 1. The van der Waals surface area contributed by atoms with Crippen molar-refractivity contribution >= 4 is 29.0 Å². The Hall–Kier alpha value is -2.95. The number of nitrogens with two attached hydrogens (primary N) is 1. The second kappa shape index (κ2) is 8.82. The lowest BCUT2D eigenvalue weighted by Crippen LogP contribution is -2.42. The third-order valence-electron chi connectivity index (χ3n) is 4.79. The summed E-state index contributed by atoms with van der Waals surface area (Å²) >= 11 is 0. The van der Waals surface area contributed by atoms with Crippen LogP contribution in [0.2, 0.25) is 0 Å². The predicted octanol–water partition coefficient (Wildman–Crippen LogP) is 1.11. The van der Waals surface area contributed by atoms with Gasteiger partial charge >= 0.3 is 12.1 Å². The molecule has 11 nitrogen and oxygen atoms in total. The number of likely N-dealkylation sites (tertiary alicyclic amines) is 1. The molecule has 3 heterocycles. The molecule has 1 fully saturated rings. The van der Waals surface area contributed by atoms with Crippen LogP contribution in [0.3, 0.4) is 0 Å². The minimum Gasteiger partial charge on any atom is -0.465 e. The van der Waals surface area contributed by atoms with Crippen molar-refractivity contribution in [3.63, 3.8) is 0 Å². The van der Waals surface area contributed by atoms with Crippen molar-refractivity contribution in [1.29, 1.82) is 0 Å². The molecular formula is C19H29N7O4.